The van der Waals surface area contributed by atoms with Crippen molar-refractivity contribution in [1.29, 1.82) is 0 Å². The average Bonchev–Trinajstić information content (AvgIpc) is 2.54. The van der Waals surface area contributed by atoms with Crippen molar-refractivity contribution in [3.05, 3.63) is 74.6 Å². The Morgan fingerprint density at radius 1 is 1.04 bits per heavy atom. The monoisotopic (exact) mass is 386 g/mol. The van der Waals surface area contributed by atoms with Crippen molar-refractivity contribution < 1.29 is 18.7 Å². The summed E-state index contributed by atoms with van der Waals surface area (Å²) in [7, 11) is 0. The van der Waals surface area contributed by atoms with Crippen LogP contribution in [0.4, 0.5) is 0 Å². The van der Waals surface area contributed by atoms with E-state index in [9.17, 15) is 14.4 Å². The molecule has 24 heavy (non-hydrogen) atoms. The van der Waals surface area contributed by atoms with Crippen molar-refractivity contribution in [2.45, 2.75) is 6.92 Å². The van der Waals surface area contributed by atoms with Crippen LogP contribution in [0, 0.1) is 0 Å². The quantitative estimate of drug-likeness (QED) is 0.294. The zero-order chi connectivity index (χ0) is 17.3. The van der Waals surface area contributed by atoms with Gasteiger partial charge in [0.1, 0.15) is 16.9 Å². The van der Waals surface area contributed by atoms with Crippen molar-refractivity contribution in [1.82, 2.24) is 0 Å². The van der Waals surface area contributed by atoms with E-state index >= 15 is 0 Å². The van der Waals surface area contributed by atoms with Gasteiger partial charge in [-0.15, -0.1) is 0 Å². The first kappa shape index (κ1) is 16.1. The number of fused-ring (bicyclic) bond motifs is 1. The number of ketones is 1. The van der Waals surface area contributed by atoms with E-state index in [0.29, 0.717) is 15.4 Å². The first-order chi connectivity index (χ1) is 11.5. The molecule has 0 aliphatic heterocycles. The first-order valence-electron chi connectivity index (χ1n) is 7.01. The number of carbonyl (C=O) groups is 2. The number of Topliss-reactive ketones (excluding diaryl/α,β-unsaturated/α-hetero) is 1. The molecule has 0 aliphatic carbocycles. The molecule has 3 aromatic rings. The summed E-state index contributed by atoms with van der Waals surface area (Å²) in [4.78, 5) is 35.3. The van der Waals surface area contributed by atoms with Crippen molar-refractivity contribution in [2.75, 3.05) is 0 Å². The van der Waals surface area contributed by atoms with Gasteiger partial charge >= 0.3 is 11.6 Å². The standard InChI is InChI=1S/C18H11BrO5/c1-10(20)14-8-11-6-7-12(9-16(11)24-18(14)22)23-17(21)13-4-2-3-5-15(13)19/h2-9H,1H3. The summed E-state index contributed by atoms with van der Waals surface area (Å²) in [6, 6.07) is 13.0. The Hall–Kier alpha value is -2.73. The fourth-order valence-electron chi connectivity index (χ4n) is 2.19. The lowest BCUT2D eigenvalue weighted by Crippen LogP contribution is -2.11. The van der Waals surface area contributed by atoms with Crippen molar-refractivity contribution in [2.24, 2.45) is 0 Å². The number of rotatable bonds is 3. The molecule has 1 aromatic heterocycles. The summed E-state index contributed by atoms with van der Waals surface area (Å²) in [5.41, 5.74) is -0.113. The topological polar surface area (TPSA) is 73.6 Å². The van der Waals surface area contributed by atoms with Gasteiger partial charge in [0.25, 0.3) is 0 Å². The van der Waals surface area contributed by atoms with Gasteiger partial charge in [0.15, 0.2) is 5.78 Å². The van der Waals surface area contributed by atoms with E-state index in [1.807, 2.05) is 0 Å². The van der Waals surface area contributed by atoms with E-state index < -0.39 is 11.6 Å². The highest BCUT2D eigenvalue weighted by Gasteiger charge is 2.14. The van der Waals surface area contributed by atoms with Gasteiger partial charge in [-0.25, -0.2) is 9.59 Å². The van der Waals surface area contributed by atoms with Crippen LogP contribution in [0.25, 0.3) is 11.0 Å². The van der Waals surface area contributed by atoms with E-state index in [4.69, 9.17) is 9.15 Å². The van der Waals surface area contributed by atoms with Gasteiger partial charge in [0.05, 0.1) is 5.56 Å². The highest BCUT2D eigenvalue weighted by molar-refractivity contribution is 9.10. The van der Waals surface area contributed by atoms with Gasteiger partial charge < -0.3 is 9.15 Å². The third-order valence-corrected chi connectivity index (χ3v) is 4.08. The normalized spacial score (nSPS) is 10.6. The lowest BCUT2D eigenvalue weighted by Gasteiger charge is -2.07. The van der Waals surface area contributed by atoms with Gasteiger partial charge in [-0.3, -0.25) is 4.79 Å². The minimum atomic E-state index is -0.718. The zero-order valence-corrected chi connectivity index (χ0v) is 14.1. The van der Waals surface area contributed by atoms with Crippen LogP contribution in [0.1, 0.15) is 27.6 Å². The average molecular weight is 387 g/mol. The number of halogens is 1. The summed E-state index contributed by atoms with van der Waals surface area (Å²) in [6.07, 6.45) is 0. The van der Waals surface area contributed by atoms with Crippen LogP contribution in [0.2, 0.25) is 0 Å². The van der Waals surface area contributed by atoms with Gasteiger partial charge in [-0.05, 0) is 53.2 Å². The number of hydrogen-bond donors (Lipinski definition) is 0. The van der Waals surface area contributed by atoms with Crippen LogP contribution in [-0.2, 0) is 0 Å². The molecule has 0 fully saturated rings. The molecule has 0 spiro atoms. The SMILES string of the molecule is CC(=O)c1cc2ccc(OC(=O)c3ccccc3Br)cc2oc1=O. The molecular weight excluding hydrogens is 376 g/mol. The third-order valence-electron chi connectivity index (χ3n) is 3.39. The Morgan fingerprint density at radius 2 is 1.79 bits per heavy atom. The minimum Gasteiger partial charge on any atom is -0.423 e. The molecule has 0 aliphatic rings. The van der Waals surface area contributed by atoms with E-state index in [2.05, 4.69) is 15.9 Å². The summed E-state index contributed by atoms with van der Waals surface area (Å²) < 4.78 is 11.1. The Balaban J connectivity index is 1.95. The predicted octanol–water partition coefficient (Wildman–Crippen LogP) is 3.98. The Kier molecular flexibility index (Phi) is 4.31. The molecule has 6 heteroatoms. The molecule has 0 atom stereocenters. The molecule has 0 unspecified atom stereocenters. The molecule has 5 nitrogen and oxygen atoms in total. The largest absolute Gasteiger partial charge is 0.423 e. The molecule has 0 radical (unpaired) electrons. The van der Waals surface area contributed by atoms with Crippen LogP contribution in [0.15, 0.2) is 62.2 Å². The number of ether oxygens (including phenoxy) is 1. The molecule has 0 saturated heterocycles. The van der Waals surface area contributed by atoms with Gasteiger partial charge in [0, 0.05) is 15.9 Å². The first-order valence-corrected chi connectivity index (χ1v) is 7.80. The lowest BCUT2D eigenvalue weighted by molar-refractivity contribution is 0.0733. The fraction of sp³-hybridized carbons (Fsp3) is 0.0556. The van der Waals surface area contributed by atoms with Crippen molar-refractivity contribution in [3.8, 4) is 5.75 Å². The van der Waals surface area contributed by atoms with Gasteiger partial charge in [-0.1, -0.05) is 12.1 Å². The number of carbonyl (C=O) groups excluding carboxylic acids is 2. The van der Waals surface area contributed by atoms with Crippen LogP contribution in [0.3, 0.4) is 0 Å². The molecule has 0 N–H and O–H groups in total. The maximum Gasteiger partial charge on any atom is 0.347 e. The summed E-state index contributed by atoms with van der Waals surface area (Å²) in [5.74, 6) is -0.665. The fourth-order valence-corrected chi connectivity index (χ4v) is 2.64. The minimum absolute atomic E-state index is 0.0135. The number of benzene rings is 2. The van der Waals surface area contributed by atoms with E-state index in [-0.39, 0.29) is 22.7 Å². The third kappa shape index (κ3) is 3.14. The van der Waals surface area contributed by atoms with Gasteiger partial charge in [-0.2, -0.15) is 0 Å². The molecule has 1 heterocycles. The van der Waals surface area contributed by atoms with Crippen LogP contribution in [0.5, 0.6) is 5.75 Å². The zero-order valence-electron chi connectivity index (χ0n) is 12.5. The second kappa shape index (κ2) is 6.41. The highest BCUT2D eigenvalue weighted by Crippen LogP contribution is 2.23. The molecule has 0 amide bonds. The van der Waals surface area contributed by atoms with E-state index in [1.54, 1.807) is 36.4 Å². The molecule has 120 valence electrons. The molecular formula is C18H11BrO5. The summed E-state index contributed by atoms with van der Waals surface area (Å²) in [5, 5.41) is 0.570. The number of hydrogen-bond acceptors (Lipinski definition) is 5. The molecule has 3 rings (SSSR count). The van der Waals surface area contributed by atoms with Crippen LogP contribution >= 0.6 is 15.9 Å². The summed E-state index contributed by atoms with van der Waals surface area (Å²) in [6.45, 7) is 1.30. The molecule has 2 aromatic carbocycles. The maximum atomic E-state index is 12.2. The van der Waals surface area contributed by atoms with Crippen LogP contribution in [-0.4, -0.2) is 11.8 Å². The second-order valence-electron chi connectivity index (χ2n) is 5.07. The van der Waals surface area contributed by atoms with E-state index in [1.165, 1.54) is 19.1 Å². The Morgan fingerprint density at radius 3 is 2.50 bits per heavy atom. The van der Waals surface area contributed by atoms with Crippen molar-refractivity contribution >= 4 is 38.7 Å². The predicted molar refractivity (Wildman–Crippen MR) is 91.6 cm³/mol. The maximum absolute atomic E-state index is 12.2. The smallest absolute Gasteiger partial charge is 0.347 e. The molecule has 0 saturated carbocycles. The second-order valence-corrected chi connectivity index (χ2v) is 5.93. The van der Waals surface area contributed by atoms with Gasteiger partial charge in [0.2, 0.25) is 0 Å². The van der Waals surface area contributed by atoms with Crippen LogP contribution < -0.4 is 10.4 Å². The van der Waals surface area contributed by atoms with Crippen molar-refractivity contribution in [3.63, 3.8) is 0 Å². The lowest BCUT2D eigenvalue weighted by atomic mass is 10.1. The summed E-state index contributed by atoms with van der Waals surface area (Å²) >= 11 is 3.29. The Labute approximate surface area is 145 Å². The molecule has 0 bridgehead atoms. The Bertz CT molecular complexity index is 1020. The number of esters is 1. The highest BCUT2D eigenvalue weighted by atomic mass is 79.9. The van der Waals surface area contributed by atoms with E-state index in [0.717, 1.165) is 0 Å².